The lowest BCUT2D eigenvalue weighted by atomic mass is 9.83. The molecule has 0 heterocycles. The van der Waals surface area contributed by atoms with Crippen LogP contribution in [-0.2, 0) is 21.2 Å². The van der Waals surface area contributed by atoms with E-state index in [0.717, 1.165) is 17.7 Å². The molecule has 8 heteroatoms. The number of carbonyl (C=O) groups is 2. The Balaban J connectivity index is 2.08. The van der Waals surface area contributed by atoms with Crippen molar-refractivity contribution in [2.75, 3.05) is 18.9 Å². The first-order valence-electron chi connectivity index (χ1n) is 8.40. The molecule has 0 atom stereocenters. The maximum Gasteiger partial charge on any atom is 0.417 e. The first-order chi connectivity index (χ1) is 12.9. The molecule has 28 heavy (non-hydrogen) atoms. The van der Waals surface area contributed by atoms with Crippen molar-refractivity contribution in [1.82, 2.24) is 4.90 Å². The zero-order valence-electron chi connectivity index (χ0n) is 15.6. The Morgan fingerprint density at radius 2 is 1.68 bits per heavy atom. The van der Waals surface area contributed by atoms with Gasteiger partial charge in [-0.15, -0.1) is 0 Å². The predicted octanol–water partition coefficient (Wildman–Crippen LogP) is 4.73. The van der Waals surface area contributed by atoms with Crippen LogP contribution in [0.3, 0.4) is 0 Å². The molecule has 1 N–H and O–H groups in total. The van der Waals surface area contributed by atoms with Crippen LogP contribution in [0.4, 0.5) is 18.9 Å². The standard InChI is InChI=1S/C20H20ClF3N2O2/c1-19(2,13-7-5-4-6-8-13)18(28)26(3)12-17(27)25-14-9-10-16(21)15(11-14)20(22,23)24/h4-11H,12H2,1-3H3,(H,25,27). The number of hydrogen-bond donors (Lipinski definition) is 1. The smallest absolute Gasteiger partial charge is 0.336 e. The van der Waals surface area contributed by atoms with E-state index in [2.05, 4.69) is 5.32 Å². The molecule has 2 aromatic carbocycles. The quantitative estimate of drug-likeness (QED) is 0.771. The monoisotopic (exact) mass is 412 g/mol. The molecule has 0 aromatic heterocycles. The van der Waals surface area contributed by atoms with Gasteiger partial charge in [0, 0.05) is 12.7 Å². The molecule has 0 unspecified atom stereocenters. The molecule has 0 aliphatic rings. The second kappa shape index (κ2) is 8.22. The molecule has 2 amide bonds. The lowest BCUT2D eigenvalue weighted by molar-refractivity contribution is -0.137. The number of carbonyl (C=O) groups excluding carboxylic acids is 2. The van der Waals surface area contributed by atoms with Crippen LogP contribution in [0.15, 0.2) is 48.5 Å². The Morgan fingerprint density at radius 3 is 2.25 bits per heavy atom. The van der Waals surface area contributed by atoms with Gasteiger partial charge in [0.25, 0.3) is 0 Å². The third kappa shape index (κ3) is 5.04. The van der Waals surface area contributed by atoms with Crippen LogP contribution in [0, 0.1) is 0 Å². The number of likely N-dealkylation sites (N-methyl/N-ethyl adjacent to an activating group) is 1. The topological polar surface area (TPSA) is 49.4 Å². The number of rotatable bonds is 5. The van der Waals surface area contributed by atoms with E-state index >= 15 is 0 Å². The fourth-order valence-electron chi connectivity index (χ4n) is 2.76. The summed E-state index contributed by atoms with van der Waals surface area (Å²) in [5.74, 6) is -0.906. The van der Waals surface area contributed by atoms with Gasteiger partial charge in [-0.3, -0.25) is 9.59 Å². The number of halogens is 4. The lowest BCUT2D eigenvalue weighted by Crippen LogP contribution is -2.44. The number of nitrogens with one attached hydrogen (secondary N) is 1. The number of hydrogen-bond acceptors (Lipinski definition) is 2. The number of amides is 2. The van der Waals surface area contributed by atoms with E-state index in [1.54, 1.807) is 13.8 Å². The van der Waals surface area contributed by atoms with Gasteiger partial charge in [0.1, 0.15) is 0 Å². The summed E-state index contributed by atoms with van der Waals surface area (Å²) in [6.45, 7) is 3.18. The summed E-state index contributed by atoms with van der Waals surface area (Å²) in [4.78, 5) is 26.2. The summed E-state index contributed by atoms with van der Waals surface area (Å²) in [5, 5.41) is 1.91. The molecule has 0 aliphatic heterocycles. The van der Waals surface area contributed by atoms with Crippen LogP contribution < -0.4 is 5.32 Å². The van der Waals surface area contributed by atoms with E-state index in [0.29, 0.717) is 0 Å². The Kier molecular flexibility index (Phi) is 6.39. The van der Waals surface area contributed by atoms with Gasteiger partial charge in [-0.05, 0) is 37.6 Å². The summed E-state index contributed by atoms with van der Waals surface area (Å²) < 4.78 is 38.8. The fourth-order valence-corrected chi connectivity index (χ4v) is 2.99. The zero-order valence-corrected chi connectivity index (χ0v) is 16.4. The highest BCUT2D eigenvalue weighted by molar-refractivity contribution is 6.31. The van der Waals surface area contributed by atoms with Crippen molar-refractivity contribution in [2.45, 2.75) is 25.4 Å². The SMILES string of the molecule is CN(CC(=O)Nc1ccc(Cl)c(C(F)(F)F)c1)C(=O)C(C)(C)c1ccccc1. The molecule has 0 saturated heterocycles. The number of benzene rings is 2. The van der Waals surface area contributed by atoms with Gasteiger partial charge in [0.2, 0.25) is 11.8 Å². The molecule has 0 radical (unpaired) electrons. The van der Waals surface area contributed by atoms with Crippen molar-refractivity contribution in [2.24, 2.45) is 0 Å². The summed E-state index contributed by atoms with van der Waals surface area (Å²) in [6.07, 6.45) is -4.63. The maximum atomic E-state index is 12.9. The Labute approximate surface area is 166 Å². The van der Waals surface area contributed by atoms with Crippen molar-refractivity contribution in [3.63, 3.8) is 0 Å². The van der Waals surface area contributed by atoms with E-state index in [1.807, 2.05) is 30.3 Å². The third-order valence-electron chi connectivity index (χ3n) is 4.31. The Morgan fingerprint density at radius 1 is 1.07 bits per heavy atom. The highest BCUT2D eigenvalue weighted by Crippen LogP contribution is 2.36. The van der Waals surface area contributed by atoms with Gasteiger partial charge in [-0.2, -0.15) is 13.2 Å². The molecule has 0 aliphatic carbocycles. The van der Waals surface area contributed by atoms with E-state index in [4.69, 9.17) is 11.6 Å². The number of anilines is 1. The minimum absolute atomic E-state index is 0.0510. The first kappa shape index (κ1) is 21.8. The molecule has 4 nitrogen and oxygen atoms in total. The number of alkyl halides is 3. The molecule has 2 aromatic rings. The second-order valence-corrected chi connectivity index (χ2v) is 7.30. The predicted molar refractivity (Wildman–Crippen MR) is 102 cm³/mol. The van der Waals surface area contributed by atoms with E-state index in [9.17, 15) is 22.8 Å². The zero-order chi connectivity index (χ0) is 21.1. The molecular weight excluding hydrogens is 393 g/mol. The highest BCUT2D eigenvalue weighted by Gasteiger charge is 2.34. The van der Waals surface area contributed by atoms with Crippen LogP contribution in [0.2, 0.25) is 5.02 Å². The minimum atomic E-state index is -4.63. The van der Waals surface area contributed by atoms with Gasteiger partial charge in [-0.25, -0.2) is 0 Å². The largest absolute Gasteiger partial charge is 0.417 e. The van der Waals surface area contributed by atoms with Gasteiger partial charge in [-0.1, -0.05) is 41.9 Å². The molecule has 2 rings (SSSR count). The normalized spacial score (nSPS) is 11.8. The minimum Gasteiger partial charge on any atom is -0.336 e. The van der Waals surface area contributed by atoms with Gasteiger partial charge < -0.3 is 10.2 Å². The van der Waals surface area contributed by atoms with Gasteiger partial charge >= 0.3 is 6.18 Å². The van der Waals surface area contributed by atoms with E-state index in [1.165, 1.54) is 18.0 Å². The van der Waals surface area contributed by atoms with Crippen molar-refractivity contribution in [3.8, 4) is 0 Å². The molecule has 0 fully saturated rings. The molecule has 0 bridgehead atoms. The summed E-state index contributed by atoms with van der Waals surface area (Å²) >= 11 is 5.57. The fraction of sp³-hybridized carbons (Fsp3) is 0.300. The van der Waals surface area contributed by atoms with Crippen LogP contribution >= 0.6 is 11.6 Å². The Bertz CT molecular complexity index is 867. The van der Waals surface area contributed by atoms with Crippen LogP contribution in [0.25, 0.3) is 0 Å². The second-order valence-electron chi connectivity index (χ2n) is 6.89. The highest BCUT2D eigenvalue weighted by atomic mass is 35.5. The van der Waals surface area contributed by atoms with Crippen LogP contribution in [0.5, 0.6) is 0 Å². The van der Waals surface area contributed by atoms with E-state index in [-0.39, 0.29) is 18.1 Å². The van der Waals surface area contributed by atoms with Crippen LogP contribution in [0.1, 0.15) is 25.0 Å². The van der Waals surface area contributed by atoms with Crippen molar-refractivity contribution in [3.05, 3.63) is 64.7 Å². The number of nitrogens with zero attached hydrogens (tertiary/aromatic N) is 1. The average Bonchev–Trinajstić information content (AvgIpc) is 2.62. The third-order valence-corrected chi connectivity index (χ3v) is 4.64. The average molecular weight is 413 g/mol. The van der Waals surface area contributed by atoms with Gasteiger partial charge in [0.05, 0.1) is 22.5 Å². The van der Waals surface area contributed by atoms with Crippen molar-refractivity contribution in [1.29, 1.82) is 0 Å². The molecule has 0 spiro atoms. The van der Waals surface area contributed by atoms with Crippen LogP contribution in [-0.4, -0.2) is 30.3 Å². The van der Waals surface area contributed by atoms with Crippen molar-refractivity contribution < 1.29 is 22.8 Å². The van der Waals surface area contributed by atoms with E-state index < -0.39 is 28.1 Å². The molecule has 0 saturated carbocycles. The first-order valence-corrected chi connectivity index (χ1v) is 8.78. The molecule has 150 valence electrons. The lowest BCUT2D eigenvalue weighted by Gasteiger charge is -2.29. The Hall–Kier alpha value is -2.54. The molecular formula is C20H20ClF3N2O2. The summed E-state index contributed by atoms with van der Waals surface area (Å²) in [6, 6.07) is 12.2. The van der Waals surface area contributed by atoms with Crippen molar-refractivity contribution >= 4 is 29.1 Å². The summed E-state index contributed by atoms with van der Waals surface area (Å²) in [7, 11) is 1.47. The van der Waals surface area contributed by atoms with Gasteiger partial charge in [0.15, 0.2) is 0 Å². The summed E-state index contributed by atoms with van der Waals surface area (Å²) in [5.41, 5.74) is -1.16. The maximum absolute atomic E-state index is 12.9.